The number of aromatic nitrogens is 2. The zero-order valence-electron chi connectivity index (χ0n) is 12.9. The van der Waals surface area contributed by atoms with Gasteiger partial charge in [-0.2, -0.15) is 0 Å². The first-order valence-electron chi connectivity index (χ1n) is 7.63. The van der Waals surface area contributed by atoms with Crippen LogP contribution in [0.3, 0.4) is 0 Å². The van der Waals surface area contributed by atoms with Gasteiger partial charge in [0, 0.05) is 31.4 Å². The van der Waals surface area contributed by atoms with Crippen LogP contribution in [0.2, 0.25) is 0 Å². The third-order valence-corrected chi connectivity index (χ3v) is 5.81. The van der Waals surface area contributed by atoms with E-state index in [2.05, 4.69) is 16.8 Å². The molecule has 2 aromatic heterocycles. The lowest BCUT2D eigenvalue weighted by Crippen LogP contribution is -2.44. The molecular formula is C15H21N3O2S2. The smallest absolute Gasteiger partial charge is 0.272 e. The third kappa shape index (κ3) is 3.22. The van der Waals surface area contributed by atoms with E-state index < -0.39 is 0 Å². The summed E-state index contributed by atoms with van der Waals surface area (Å²) in [7, 11) is 0. The van der Waals surface area contributed by atoms with Gasteiger partial charge in [0.1, 0.15) is 4.70 Å². The van der Waals surface area contributed by atoms with Gasteiger partial charge in [0.2, 0.25) is 0 Å². The Bertz CT molecular complexity index is 698. The highest BCUT2D eigenvalue weighted by Crippen LogP contribution is 2.21. The van der Waals surface area contributed by atoms with Gasteiger partial charge >= 0.3 is 0 Å². The minimum atomic E-state index is 0.0877. The van der Waals surface area contributed by atoms with Crippen molar-refractivity contribution in [3.05, 3.63) is 21.8 Å². The minimum absolute atomic E-state index is 0.0877. The molecule has 3 heterocycles. The monoisotopic (exact) mass is 339 g/mol. The van der Waals surface area contributed by atoms with E-state index in [9.17, 15) is 4.79 Å². The van der Waals surface area contributed by atoms with Crippen LogP contribution in [0, 0.1) is 0 Å². The van der Waals surface area contributed by atoms with Crippen LogP contribution in [0.15, 0.2) is 21.4 Å². The highest BCUT2D eigenvalue weighted by Gasteiger charge is 2.18. The number of nitrogens with zero attached hydrogens (tertiary/aromatic N) is 3. The maximum Gasteiger partial charge on any atom is 0.272 e. The van der Waals surface area contributed by atoms with Crippen LogP contribution in [0.4, 0.5) is 0 Å². The van der Waals surface area contributed by atoms with Crippen molar-refractivity contribution in [2.45, 2.75) is 31.6 Å². The highest BCUT2D eigenvalue weighted by molar-refractivity contribution is 7.99. The van der Waals surface area contributed by atoms with Gasteiger partial charge < -0.3 is 4.74 Å². The first-order chi connectivity index (χ1) is 10.7. The molecule has 2 aromatic rings. The van der Waals surface area contributed by atoms with Gasteiger partial charge in [0.15, 0.2) is 5.16 Å². The standard InChI is InChI=1S/C15H21N3O2S2/c1-3-18-14(19)13-12(4-8-21-13)16-15(18)22-9-6-17-5-7-20-10-11(17)2/h4,8,11H,3,5-7,9-10H2,1-2H3/t11-/m0/s1. The third-order valence-electron chi connectivity index (χ3n) is 3.96. The Balaban J connectivity index is 1.71. The van der Waals surface area contributed by atoms with Crippen LogP contribution < -0.4 is 5.56 Å². The average Bonchev–Trinajstić information content (AvgIpc) is 2.98. The second-order valence-corrected chi connectivity index (χ2v) is 7.37. The molecule has 7 heteroatoms. The van der Waals surface area contributed by atoms with Crippen molar-refractivity contribution in [3.8, 4) is 0 Å². The topological polar surface area (TPSA) is 47.4 Å². The molecule has 0 saturated carbocycles. The predicted octanol–water partition coefficient (Wildman–Crippen LogP) is 2.29. The van der Waals surface area contributed by atoms with E-state index in [1.54, 1.807) is 16.3 Å². The molecule has 0 aliphatic carbocycles. The number of fused-ring (bicyclic) bond motifs is 1. The molecule has 0 N–H and O–H groups in total. The van der Waals surface area contributed by atoms with E-state index in [1.165, 1.54) is 11.3 Å². The fourth-order valence-corrected chi connectivity index (χ4v) is 4.48. The summed E-state index contributed by atoms with van der Waals surface area (Å²) in [4.78, 5) is 19.6. The predicted molar refractivity (Wildman–Crippen MR) is 92.1 cm³/mol. The van der Waals surface area contributed by atoms with Crippen molar-refractivity contribution in [1.29, 1.82) is 0 Å². The van der Waals surface area contributed by atoms with Crippen LogP contribution >= 0.6 is 23.1 Å². The number of morpholine rings is 1. The van der Waals surface area contributed by atoms with Gasteiger partial charge in [-0.1, -0.05) is 11.8 Å². The van der Waals surface area contributed by atoms with Gasteiger partial charge in [0.05, 0.1) is 18.7 Å². The molecule has 0 aromatic carbocycles. The summed E-state index contributed by atoms with van der Waals surface area (Å²) >= 11 is 3.15. The summed E-state index contributed by atoms with van der Waals surface area (Å²) < 4.78 is 8.00. The number of thioether (sulfide) groups is 1. The van der Waals surface area contributed by atoms with Crippen LogP contribution in [0.1, 0.15) is 13.8 Å². The van der Waals surface area contributed by atoms with E-state index >= 15 is 0 Å². The van der Waals surface area contributed by atoms with Crippen LogP contribution in [-0.2, 0) is 11.3 Å². The molecule has 1 saturated heterocycles. The number of hydrogen-bond acceptors (Lipinski definition) is 6. The van der Waals surface area contributed by atoms with Gasteiger partial charge in [-0.05, 0) is 25.3 Å². The normalized spacial score (nSPS) is 19.8. The molecule has 0 amide bonds. The molecule has 1 aliphatic heterocycles. The summed E-state index contributed by atoms with van der Waals surface area (Å²) in [5.74, 6) is 0.937. The van der Waals surface area contributed by atoms with E-state index in [0.29, 0.717) is 12.6 Å². The Morgan fingerprint density at radius 1 is 1.55 bits per heavy atom. The first-order valence-corrected chi connectivity index (χ1v) is 9.50. The summed E-state index contributed by atoms with van der Waals surface area (Å²) in [6, 6.07) is 2.39. The second-order valence-electron chi connectivity index (χ2n) is 5.39. The van der Waals surface area contributed by atoms with Gasteiger partial charge in [-0.25, -0.2) is 4.98 Å². The van der Waals surface area contributed by atoms with E-state index in [1.807, 2.05) is 18.4 Å². The molecule has 0 unspecified atom stereocenters. The minimum Gasteiger partial charge on any atom is -0.379 e. The molecule has 0 bridgehead atoms. The maximum atomic E-state index is 12.5. The van der Waals surface area contributed by atoms with Crippen LogP contribution in [0.5, 0.6) is 0 Å². The number of thiophene rings is 1. The lowest BCUT2D eigenvalue weighted by atomic mass is 10.2. The lowest BCUT2D eigenvalue weighted by molar-refractivity contribution is 0.00298. The fraction of sp³-hybridized carbons (Fsp3) is 0.600. The number of hydrogen-bond donors (Lipinski definition) is 0. The van der Waals surface area contributed by atoms with Crippen molar-refractivity contribution in [1.82, 2.24) is 14.5 Å². The molecule has 0 spiro atoms. The molecular weight excluding hydrogens is 318 g/mol. The Morgan fingerprint density at radius 2 is 2.41 bits per heavy atom. The Labute approximate surface area is 138 Å². The molecule has 120 valence electrons. The quantitative estimate of drug-likeness (QED) is 0.618. The van der Waals surface area contributed by atoms with Gasteiger partial charge in [0.25, 0.3) is 5.56 Å². The van der Waals surface area contributed by atoms with Crippen LogP contribution in [-0.4, -0.2) is 52.5 Å². The Morgan fingerprint density at radius 3 is 3.18 bits per heavy atom. The summed E-state index contributed by atoms with van der Waals surface area (Å²) in [6.45, 7) is 8.46. The van der Waals surface area contributed by atoms with Crippen molar-refractivity contribution in [3.63, 3.8) is 0 Å². The van der Waals surface area contributed by atoms with Gasteiger partial charge in [-0.3, -0.25) is 14.3 Å². The van der Waals surface area contributed by atoms with E-state index in [-0.39, 0.29) is 5.56 Å². The zero-order valence-corrected chi connectivity index (χ0v) is 14.6. The number of rotatable bonds is 5. The summed E-state index contributed by atoms with van der Waals surface area (Å²) in [5, 5.41) is 2.77. The van der Waals surface area contributed by atoms with E-state index in [4.69, 9.17) is 4.74 Å². The van der Waals surface area contributed by atoms with Crippen molar-refractivity contribution < 1.29 is 4.74 Å². The van der Waals surface area contributed by atoms with Crippen LogP contribution in [0.25, 0.3) is 10.2 Å². The van der Waals surface area contributed by atoms with Crippen molar-refractivity contribution >= 4 is 33.3 Å². The molecule has 1 atom stereocenters. The first kappa shape index (κ1) is 16.0. The Kier molecular flexibility index (Phi) is 5.18. The van der Waals surface area contributed by atoms with Crippen molar-refractivity contribution in [2.75, 3.05) is 32.1 Å². The fourth-order valence-electron chi connectivity index (χ4n) is 2.66. The summed E-state index contributed by atoms with van der Waals surface area (Å²) in [5.41, 5.74) is 0.909. The number of ether oxygens (including phenoxy) is 1. The molecule has 1 aliphatic rings. The second kappa shape index (κ2) is 7.12. The Hall–Kier alpha value is -0.890. The largest absolute Gasteiger partial charge is 0.379 e. The maximum absolute atomic E-state index is 12.5. The molecule has 5 nitrogen and oxygen atoms in total. The SMILES string of the molecule is CCn1c(SCCN2CCOC[C@@H]2C)nc2ccsc2c1=O. The van der Waals surface area contributed by atoms with Gasteiger partial charge in [-0.15, -0.1) is 11.3 Å². The zero-order chi connectivity index (χ0) is 15.5. The summed E-state index contributed by atoms with van der Waals surface area (Å²) in [6.07, 6.45) is 0. The van der Waals surface area contributed by atoms with E-state index in [0.717, 1.165) is 47.4 Å². The highest BCUT2D eigenvalue weighted by atomic mass is 32.2. The molecule has 3 rings (SSSR count). The molecule has 1 fully saturated rings. The molecule has 0 radical (unpaired) electrons. The average molecular weight is 339 g/mol. The molecule has 22 heavy (non-hydrogen) atoms. The lowest BCUT2D eigenvalue weighted by Gasteiger charge is -2.33. The van der Waals surface area contributed by atoms with Crippen molar-refractivity contribution in [2.24, 2.45) is 0 Å².